The van der Waals surface area contributed by atoms with Gasteiger partial charge in [0.1, 0.15) is 24.5 Å². The Kier molecular flexibility index (Phi) is 10.4. The van der Waals surface area contributed by atoms with Gasteiger partial charge in [-0.25, -0.2) is 4.79 Å². The highest BCUT2D eigenvalue weighted by molar-refractivity contribution is 6.07. The maximum atomic E-state index is 13.9. The van der Waals surface area contributed by atoms with Gasteiger partial charge in [0.05, 0.1) is 6.61 Å². The number of urea groups is 1. The number of nitrogens with zero attached hydrogens (tertiary/aromatic N) is 1. The number of ether oxygens (including phenoxy) is 3. The normalized spacial score (nSPS) is 18.1. The first-order chi connectivity index (χ1) is 23.7. The minimum Gasteiger partial charge on any atom is -0.493 e. The van der Waals surface area contributed by atoms with E-state index < -0.39 is 41.0 Å². The van der Waals surface area contributed by atoms with Crippen molar-refractivity contribution in [3.63, 3.8) is 0 Å². The van der Waals surface area contributed by atoms with Crippen molar-refractivity contribution < 1.29 is 55.2 Å². The Morgan fingerprint density at radius 3 is 2.26 bits per heavy atom. The molecule has 3 aromatic rings. The number of fused-ring (bicyclic) bond motifs is 1. The Bertz CT molecular complexity index is 1730. The van der Waals surface area contributed by atoms with E-state index >= 15 is 0 Å². The average Bonchev–Trinajstić information content (AvgIpc) is 3.33. The molecule has 3 amide bonds. The molecule has 2 aliphatic heterocycles. The molecule has 1 saturated heterocycles. The van der Waals surface area contributed by atoms with Crippen LogP contribution in [-0.4, -0.2) is 60.7 Å². The molecule has 0 aromatic heterocycles. The van der Waals surface area contributed by atoms with E-state index in [1.807, 2.05) is 0 Å². The van der Waals surface area contributed by atoms with Crippen LogP contribution in [0.4, 0.5) is 31.1 Å². The van der Waals surface area contributed by atoms with Crippen LogP contribution in [0.3, 0.4) is 0 Å². The number of nitrogens with one attached hydrogen (secondary N) is 1. The van der Waals surface area contributed by atoms with Crippen molar-refractivity contribution in [2.75, 3.05) is 26.4 Å². The summed E-state index contributed by atoms with van der Waals surface area (Å²) < 4.78 is 101. The van der Waals surface area contributed by atoms with Crippen molar-refractivity contribution in [3.8, 4) is 17.2 Å². The first-order valence-electron chi connectivity index (χ1n) is 16.0. The lowest BCUT2D eigenvalue weighted by Crippen LogP contribution is -2.54. The number of allylic oxidation sites excluding steroid dienone is 1. The zero-order valence-electron chi connectivity index (χ0n) is 27.3. The second-order valence-electron chi connectivity index (χ2n) is 12.0. The Hall–Kier alpha value is -4.72. The van der Waals surface area contributed by atoms with Crippen LogP contribution in [0, 0.1) is 0 Å². The number of aliphatic hydroxyl groups is 1. The fourth-order valence-corrected chi connectivity index (χ4v) is 6.16. The third kappa shape index (κ3) is 6.85. The summed E-state index contributed by atoms with van der Waals surface area (Å²) in [5, 5.41) is 13.0. The predicted octanol–water partition coefficient (Wildman–Crippen LogP) is 7.41. The van der Waals surface area contributed by atoms with E-state index in [1.165, 1.54) is 19.1 Å². The fourth-order valence-electron chi connectivity index (χ4n) is 6.16. The molecule has 5 rings (SSSR count). The summed E-state index contributed by atoms with van der Waals surface area (Å²) in [4.78, 5) is 27.8. The van der Waals surface area contributed by atoms with Crippen LogP contribution in [-0.2, 0) is 22.4 Å². The summed E-state index contributed by atoms with van der Waals surface area (Å²) in [6.45, 7) is 4.04. The second kappa shape index (κ2) is 14.3. The molecular weight excluding hydrogens is 670 g/mol. The van der Waals surface area contributed by atoms with Crippen LogP contribution in [0.2, 0.25) is 0 Å². The van der Waals surface area contributed by atoms with Crippen molar-refractivity contribution in [2.45, 2.75) is 63.0 Å². The van der Waals surface area contributed by atoms with Crippen molar-refractivity contribution >= 4 is 18.0 Å². The summed E-state index contributed by atoms with van der Waals surface area (Å²) in [6.07, 6.45) is -8.68. The van der Waals surface area contributed by atoms with E-state index in [2.05, 4.69) is 5.32 Å². The van der Waals surface area contributed by atoms with Gasteiger partial charge in [0.25, 0.3) is 11.5 Å². The Morgan fingerprint density at radius 2 is 1.62 bits per heavy atom. The summed E-state index contributed by atoms with van der Waals surface area (Å²) in [7, 11) is 0. The van der Waals surface area contributed by atoms with E-state index in [-0.39, 0.29) is 55.7 Å². The van der Waals surface area contributed by atoms with Crippen LogP contribution in [0.1, 0.15) is 60.9 Å². The molecule has 14 heteroatoms. The van der Waals surface area contributed by atoms with Crippen LogP contribution in [0.5, 0.6) is 17.2 Å². The van der Waals surface area contributed by atoms with Gasteiger partial charge < -0.3 is 24.6 Å². The maximum absolute atomic E-state index is 13.9. The molecule has 8 nitrogen and oxygen atoms in total. The number of unbranched alkanes of at least 4 members (excludes halogenated alkanes) is 1. The largest absolute Gasteiger partial charge is 0.493 e. The highest BCUT2D eigenvalue weighted by atomic mass is 19.4. The predicted molar refractivity (Wildman–Crippen MR) is 171 cm³/mol. The lowest BCUT2D eigenvalue weighted by molar-refractivity contribution is -0.376. The molecule has 2 N–H and O–H groups in total. The van der Waals surface area contributed by atoms with Gasteiger partial charge >= 0.3 is 18.4 Å². The SMILES string of the molecule is CC=Cc1cc(C(O)(C(F)(F)F)C(F)(F)F)cc(Cc2ccccc2)c1OCCCCN1C(=O)NC(CC)(c2ccc3c(c2)OCCO3)C1=O. The van der Waals surface area contributed by atoms with E-state index in [4.69, 9.17) is 14.2 Å². The quantitative estimate of drug-likeness (QED) is 0.116. The van der Waals surface area contributed by atoms with Crippen molar-refractivity contribution in [3.05, 3.63) is 94.6 Å². The number of carbonyl (C=O) groups is 2. The number of alkyl halides is 6. The van der Waals surface area contributed by atoms with Gasteiger partial charge in [-0.05, 0) is 67.1 Å². The molecular formula is C36H36F6N2O6. The van der Waals surface area contributed by atoms with E-state index in [9.17, 15) is 41.0 Å². The summed E-state index contributed by atoms with van der Waals surface area (Å²) in [5.74, 6) is 0.606. The third-order valence-electron chi connectivity index (χ3n) is 8.78. The highest BCUT2D eigenvalue weighted by Crippen LogP contribution is 2.51. The highest BCUT2D eigenvalue weighted by Gasteiger charge is 2.71. The Balaban J connectivity index is 1.35. The molecule has 1 unspecified atom stereocenters. The number of rotatable bonds is 12. The van der Waals surface area contributed by atoms with Crippen molar-refractivity contribution in [1.82, 2.24) is 10.2 Å². The van der Waals surface area contributed by atoms with E-state index in [1.54, 1.807) is 55.5 Å². The van der Waals surface area contributed by atoms with Crippen LogP contribution in [0.25, 0.3) is 6.08 Å². The fraction of sp³-hybridized carbons (Fsp3) is 0.389. The Morgan fingerprint density at radius 1 is 0.940 bits per heavy atom. The first kappa shape index (κ1) is 36.6. The number of hydrogen-bond acceptors (Lipinski definition) is 6. The van der Waals surface area contributed by atoms with Gasteiger partial charge in [0.15, 0.2) is 11.5 Å². The summed E-state index contributed by atoms with van der Waals surface area (Å²) in [6, 6.07) is 14.2. The van der Waals surface area contributed by atoms with Crippen LogP contribution >= 0.6 is 0 Å². The smallest absolute Gasteiger partial charge is 0.430 e. The number of imide groups is 1. The van der Waals surface area contributed by atoms with Gasteiger partial charge in [-0.1, -0.05) is 55.5 Å². The Labute approximate surface area is 284 Å². The standard InChI is InChI=1S/C36H36F6N2O6/c1-3-10-24-20-27(34(47,35(37,38)39)36(40,41)42)21-25(19-23-11-6-5-7-12-23)30(24)50-16-9-8-15-44-31(45)33(4-2,43-32(44)46)26-13-14-28-29(22-26)49-18-17-48-28/h3,5-7,10-14,20-22,47H,4,8-9,15-19H2,1-2H3,(H,43,46). The number of halogens is 6. The van der Waals surface area contributed by atoms with Crippen molar-refractivity contribution in [2.24, 2.45) is 0 Å². The van der Waals surface area contributed by atoms with E-state index in [0.717, 1.165) is 4.90 Å². The minimum atomic E-state index is -6.07. The third-order valence-corrected chi connectivity index (χ3v) is 8.78. The molecule has 0 saturated carbocycles. The summed E-state index contributed by atoms with van der Waals surface area (Å²) >= 11 is 0. The van der Waals surface area contributed by atoms with Gasteiger partial charge in [0.2, 0.25) is 0 Å². The zero-order chi connectivity index (χ0) is 36.3. The molecule has 2 heterocycles. The first-order valence-corrected chi connectivity index (χ1v) is 16.0. The lowest BCUT2D eigenvalue weighted by atomic mass is 9.87. The van der Waals surface area contributed by atoms with Crippen LogP contribution < -0.4 is 19.5 Å². The minimum absolute atomic E-state index is 0.00465. The molecule has 1 fully saturated rings. The molecule has 2 aliphatic rings. The number of hydrogen-bond donors (Lipinski definition) is 2. The molecule has 0 radical (unpaired) electrons. The van der Waals surface area contributed by atoms with Gasteiger partial charge in [-0.3, -0.25) is 9.69 Å². The molecule has 0 bridgehead atoms. The van der Waals surface area contributed by atoms with Gasteiger partial charge in [-0.2, -0.15) is 26.3 Å². The van der Waals surface area contributed by atoms with E-state index in [0.29, 0.717) is 48.0 Å². The van der Waals surface area contributed by atoms with Crippen molar-refractivity contribution in [1.29, 1.82) is 0 Å². The molecule has 50 heavy (non-hydrogen) atoms. The summed E-state index contributed by atoms with van der Waals surface area (Å²) in [5.41, 5.74) is -6.80. The maximum Gasteiger partial charge on any atom is 0.430 e. The van der Waals surface area contributed by atoms with Gasteiger partial charge in [0, 0.05) is 24.1 Å². The monoisotopic (exact) mass is 706 g/mol. The molecule has 1 atom stereocenters. The second-order valence-corrected chi connectivity index (χ2v) is 12.0. The number of amides is 3. The van der Waals surface area contributed by atoms with Crippen LogP contribution in [0.15, 0.2) is 66.7 Å². The zero-order valence-corrected chi connectivity index (χ0v) is 27.3. The van der Waals surface area contributed by atoms with Gasteiger partial charge in [-0.15, -0.1) is 0 Å². The molecule has 268 valence electrons. The molecule has 3 aromatic carbocycles. The molecule has 0 aliphatic carbocycles. The number of carbonyl (C=O) groups excluding carboxylic acids is 2. The topological polar surface area (TPSA) is 97.3 Å². The lowest BCUT2D eigenvalue weighted by Gasteiger charge is -2.33. The average molecular weight is 707 g/mol. The molecule has 0 spiro atoms. The number of benzene rings is 3.